The fraction of sp³-hybridized carbons (Fsp3) is 0.857. The molecule has 2 aliphatic rings. The summed E-state index contributed by atoms with van der Waals surface area (Å²) in [6.07, 6.45) is 5.43. The fourth-order valence-electron chi connectivity index (χ4n) is 3.11. The topological polar surface area (TPSA) is 75.6 Å². The molecule has 0 bridgehead atoms. The highest BCUT2D eigenvalue weighted by Crippen LogP contribution is 2.27. The van der Waals surface area contributed by atoms with Gasteiger partial charge in [-0.15, -0.1) is 0 Å². The highest BCUT2D eigenvalue weighted by atomic mass is 16.5. The van der Waals surface area contributed by atoms with Gasteiger partial charge in [0.1, 0.15) is 12.1 Å². The van der Waals surface area contributed by atoms with Gasteiger partial charge in [0.2, 0.25) is 5.91 Å². The molecule has 0 radical (unpaired) electrons. The molecule has 5 heteroatoms. The van der Waals surface area contributed by atoms with Crippen LogP contribution in [-0.2, 0) is 14.3 Å². The molecule has 1 aliphatic heterocycles. The van der Waals surface area contributed by atoms with Crippen molar-refractivity contribution in [2.24, 2.45) is 11.8 Å². The van der Waals surface area contributed by atoms with Crippen molar-refractivity contribution in [2.45, 2.75) is 57.6 Å². The van der Waals surface area contributed by atoms with E-state index in [-0.39, 0.29) is 17.7 Å². The van der Waals surface area contributed by atoms with E-state index < -0.39 is 18.1 Å². The average Bonchev–Trinajstić information content (AvgIpc) is 2.82. The summed E-state index contributed by atoms with van der Waals surface area (Å²) in [6.45, 7) is 2.55. The standard InChI is InChI=1S/C14H23NO4/c1-9-7-8-19-12(9)13(16)15-11(14(17)18)10-5-3-2-4-6-10/h9-12H,2-8H2,1H3,(H,15,16)(H,17,18). The van der Waals surface area contributed by atoms with Gasteiger partial charge in [0, 0.05) is 6.61 Å². The maximum Gasteiger partial charge on any atom is 0.326 e. The Bertz CT molecular complexity index is 338. The Balaban J connectivity index is 1.95. The summed E-state index contributed by atoms with van der Waals surface area (Å²) in [5.41, 5.74) is 0. The third-order valence-corrected chi connectivity index (χ3v) is 4.33. The molecule has 1 saturated heterocycles. The van der Waals surface area contributed by atoms with Crippen LogP contribution in [0.2, 0.25) is 0 Å². The predicted molar refractivity (Wildman–Crippen MR) is 69.7 cm³/mol. The van der Waals surface area contributed by atoms with Gasteiger partial charge in [-0.2, -0.15) is 0 Å². The van der Waals surface area contributed by atoms with E-state index in [1.54, 1.807) is 0 Å². The minimum absolute atomic E-state index is 0.0620. The third-order valence-electron chi connectivity index (χ3n) is 4.33. The van der Waals surface area contributed by atoms with Crippen LogP contribution in [0.5, 0.6) is 0 Å². The zero-order valence-corrected chi connectivity index (χ0v) is 11.4. The van der Waals surface area contributed by atoms with Gasteiger partial charge in [-0.1, -0.05) is 26.2 Å². The van der Waals surface area contributed by atoms with Gasteiger partial charge < -0.3 is 15.2 Å². The maximum absolute atomic E-state index is 12.1. The second-order valence-corrected chi connectivity index (χ2v) is 5.78. The molecule has 5 nitrogen and oxygen atoms in total. The van der Waals surface area contributed by atoms with Gasteiger partial charge in [-0.25, -0.2) is 4.79 Å². The summed E-state index contributed by atoms with van der Waals surface area (Å²) in [5, 5.41) is 12.0. The normalized spacial score (nSPS) is 29.9. The van der Waals surface area contributed by atoms with Crippen LogP contribution in [0.15, 0.2) is 0 Å². The lowest BCUT2D eigenvalue weighted by Crippen LogP contribution is -2.50. The van der Waals surface area contributed by atoms with E-state index in [2.05, 4.69) is 5.32 Å². The van der Waals surface area contributed by atoms with Crippen LogP contribution in [0.3, 0.4) is 0 Å². The van der Waals surface area contributed by atoms with Crippen molar-refractivity contribution < 1.29 is 19.4 Å². The number of carbonyl (C=O) groups is 2. The first-order chi connectivity index (χ1) is 9.09. The summed E-state index contributed by atoms with van der Waals surface area (Å²) in [4.78, 5) is 23.5. The van der Waals surface area contributed by atoms with Gasteiger partial charge >= 0.3 is 5.97 Å². The largest absolute Gasteiger partial charge is 0.480 e. The van der Waals surface area contributed by atoms with Crippen molar-refractivity contribution in [2.75, 3.05) is 6.61 Å². The lowest BCUT2D eigenvalue weighted by Gasteiger charge is -2.29. The number of hydrogen-bond donors (Lipinski definition) is 2. The molecular weight excluding hydrogens is 246 g/mol. The monoisotopic (exact) mass is 269 g/mol. The van der Waals surface area contributed by atoms with Crippen LogP contribution >= 0.6 is 0 Å². The van der Waals surface area contributed by atoms with Crippen molar-refractivity contribution in [1.82, 2.24) is 5.32 Å². The SMILES string of the molecule is CC1CCOC1C(=O)NC(C(=O)O)C1CCCCC1. The maximum atomic E-state index is 12.1. The number of carbonyl (C=O) groups excluding carboxylic acids is 1. The Labute approximate surface area is 113 Å². The molecule has 0 aromatic heterocycles. The quantitative estimate of drug-likeness (QED) is 0.812. The van der Waals surface area contributed by atoms with Crippen LogP contribution < -0.4 is 5.32 Å². The van der Waals surface area contributed by atoms with Crippen molar-refractivity contribution in [1.29, 1.82) is 0 Å². The number of rotatable bonds is 4. The number of hydrogen-bond acceptors (Lipinski definition) is 3. The van der Waals surface area contributed by atoms with Crippen molar-refractivity contribution in [3.05, 3.63) is 0 Å². The third kappa shape index (κ3) is 3.47. The summed E-state index contributed by atoms with van der Waals surface area (Å²) in [5.74, 6) is -0.957. The number of aliphatic carboxylic acids is 1. The molecule has 1 amide bonds. The van der Waals surface area contributed by atoms with Crippen LogP contribution in [-0.4, -0.2) is 35.7 Å². The Kier molecular flexibility index (Phi) is 4.80. The molecule has 0 aromatic rings. The summed E-state index contributed by atoms with van der Waals surface area (Å²) in [6, 6.07) is -0.760. The number of nitrogens with one attached hydrogen (secondary N) is 1. The predicted octanol–water partition coefficient (Wildman–Crippen LogP) is 1.56. The van der Waals surface area contributed by atoms with E-state index in [0.717, 1.165) is 32.1 Å². The zero-order chi connectivity index (χ0) is 13.8. The first-order valence-corrected chi connectivity index (χ1v) is 7.24. The molecule has 2 N–H and O–H groups in total. The second kappa shape index (κ2) is 6.37. The highest BCUT2D eigenvalue weighted by molar-refractivity contribution is 5.86. The van der Waals surface area contributed by atoms with Crippen LogP contribution in [0.25, 0.3) is 0 Å². The minimum atomic E-state index is -0.925. The van der Waals surface area contributed by atoms with E-state index in [0.29, 0.717) is 6.61 Å². The Morgan fingerprint density at radius 2 is 1.89 bits per heavy atom. The molecule has 108 valence electrons. The Hall–Kier alpha value is -1.10. The van der Waals surface area contributed by atoms with E-state index in [9.17, 15) is 14.7 Å². The molecule has 1 aliphatic carbocycles. The van der Waals surface area contributed by atoms with Crippen LogP contribution in [0.4, 0.5) is 0 Å². The van der Waals surface area contributed by atoms with Gasteiger partial charge in [-0.3, -0.25) is 4.79 Å². The smallest absolute Gasteiger partial charge is 0.326 e. The number of amides is 1. The van der Waals surface area contributed by atoms with Gasteiger partial charge in [0.25, 0.3) is 0 Å². The number of carboxylic acid groups (broad SMARTS) is 1. The van der Waals surface area contributed by atoms with Crippen LogP contribution in [0.1, 0.15) is 45.4 Å². The van der Waals surface area contributed by atoms with Crippen molar-refractivity contribution in [3.8, 4) is 0 Å². The fourth-order valence-corrected chi connectivity index (χ4v) is 3.11. The summed E-state index contributed by atoms with van der Waals surface area (Å²) >= 11 is 0. The molecule has 19 heavy (non-hydrogen) atoms. The minimum Gasteiger partial charge on any atom is -0.480 e. The Morgan fingerprint density at radius 3 is 2.42 bits per heavy atom. The van der Waals surface area contributed by atoms with Gasteiger partial charge in [0.05, 0.1) is 0 Å². The van der Waals surface area contributed by atoms with Gasteiger partial charge in [0.15, 0.2) is 0 Å². The first kappa shape index (κ1) is 14.3. The Morgan fingerprint density at radius 1 is 1.21 bits per heavy atom. The molecule has 3 atom stereocenters. The first-order valence-electron chi connectivity index (χ1n) is 7.24. The zero-order valence-electron chi connectivity index (χ0n) is 11.4. The van der Waals surface area contributed by atoms with Crippen molar-refractivity contribution in [3.63, 3.8) is 0 Å². The van der Waals surface area contributed by atoms with Crippen LogP contribution in [0, 0.1) is 11.8 Å². The second-order valence-electron chi connectivity index (χ2n) is 5.78. The molecule has 3 unspecified atom stereocenters. The van der Waals surface area contributed by atoms with E-state index in [4.69, 9.17) is 4.74 Å². The van der Waals surface area contributed by atoms with E-state index in [1.807, 2.05) is 6.92 Å². The lowest BCUT2D eigenvalue weighted by molar-refractivity contribution is -0.146. The molecule has 0 aromatic carbocycles. The average molecular weight is 269 g/mol. The molecule has 1 saturated carbocycles. The highest BCUT2D eigenvalue weighted by Gasteiger charge is 2.36. The van der Waals surface area contributed by atoms with Crippen molar-refractivity contribution >= 4 is 11.9 Å². The summed E-state index contributed by atoms with van der Waals surface area (Å²) in [7, 11) is 0. The number of ether oxygens (including phenoxy) is 1. The summed E-state index contributed by atoms with van der Waals surface area (Å²) < 4.78 is 5.39. The lowest BCUT2D eigenvalue weighted by atomic mass is 9.83. The molecule has 1 heterocycles. The molecule has 0 spiro atoms. The number of carboxylic acids is 1. The van der Waals surface area contributed by atoms with Gasteiger partial charge in [-0.05, 0) is 31.1 Å². The molecule has 2 fully saturated rings. The molecule has 2 rings (SSSR count). The molecular formula is C14H23NO4. The van der Waals surface area contributed by atoms with E-state index >= 15 is 0 Å². The van der Waals surface area contributed by atoms with E-state index in [1.165, 1.54) is 6.42 Å².